The zero-order valence-electron chi connectivity index (χ0n) is 12.9. The molecule has 116 valence electrons. The molecule has 5 nitrogen and oxygen atoms in total. The highest BCUT2D eigenvalue weighted by Gasteiger charge is 2.24. The molecule has 2 unspecified atom stereocenters. The van der Waals surface area contributed by atoms with E-state index in [0.717, 1.165) is 18.6 Å². The zero-order chi connectivity index (χ0) is 15.6. The lowest BCUT2D eigenvalue weighted by molar-refractivity contribution is 0.0683. The molecule has 1 N–H and O–H groups in total. The number of carboxylic acids is 1. The molecule has 2 heterocycles. The first-order valence-electron chi connectivity index (χ1n) is 7.28. The van der Waals surface area contributed by atoms with Gasteiger partial charge in [-0.2, -0.15) is 0 Å². The minimum Gasteiger partial charge on any atom is -0.478 e. The zero-order valence-corrected chi connectivity index (χ0v) is 13.7. The summed E-state index contributed by atoms with van der Waals surface area (Å²) in [5, 5.41) is 9.94. The fraction of sp³-hybridized carbons (Fsp3) is 0.667. The van der Waals surface area contributed by atoms with E-state index < -0.39 is 5.97 Å². The lowest BCUT2D eigenvalue weighted by Crippen LogP contribution is -2.14. The van der Waals surface area contributed by atoms with Gasteiger partial charge in [0.05, 0.1) is 17.9 Å². The predicted octanol–water partition coefficient (Wildman–Crippen LogP) is 3.27. The minimum absolute atomic E-state index is 0.175. The van der Waals surface area contributed by atoms with Crippen LogP contribution < -0.4 is 0 Å². The van der Waals surface area contributed by atoms with Crippen LogP contribution in [0.4, 0.5) is 0 Å². The van der Waals surface area contributed by atoms with Gasteiger partial charge in [-0.05, 0) is 26.7 Å². The Morgan fingerprint density at radius 3 is 2.67 bits per heavy atom. The topological polar surface area (TPSA) is 72.3 Å². The Labute approximate surface area is 129 Å². The van der Waals surface area contributed by atoms with Crippen molar-refractivity contribution >= 4 is 17.7 Å². The maximum Gasteiger partial charge on any atom is 0.340 e. The molecule has 0 radical (unpaired) electrons. The molecule has 1 aliphatic heterocycles. The van der Waals surface area contributed by atoms with Crippen LogP contribution in [0.5, 0.6) is 0 Å². The number of hydrogen-bond acceptors (Lipinski definition) is 5. The van der Waals surface area contributed by atoms with Crippen LogP contribution in [-0.2, 0) is 4.74 Å². The lowest BCUT2D eigenvalue weighted by Gasteiger charge is -2.14. The van der Waals surface area contributed by atoms with E-state index in [1.54, 1.807) is 6.92 Å². The molecule has 0 bridgehead atoms. The summed E-state index contributed by atoms with van der Waals surface area (Å²) >= 11 is 1.46. The highest BCUT2D eigenvalue weighted by atomic mass is 32.2. The van der Waals surface area contributed by atoms with Crippen LogP contribution in [0.1, 0.15) is 61.4 Å². The highest BCUT2D eigenvalue weighted by molar-refractivity contribution is 7.99. The molecule has 0 spiro atoms. The summed E-state index contributed by atoms with van der Waals surface area (Å²) in [6, 6.07) is 0. The summed E-state index contributed by atoms with van der Waals surface area (Å²) in [4.78, 5) is 20.2. The molecule has 21 heavy (non-hydrogen) atoms. The van der Waals surface area contributed by atoms with Gasteiger partial charge in [0.1, 0.15) is 16.4 Å². The third-order valence-corrected chi connectivity index (χ3v) is 4.64. The maximum absolute atomic E-state index is 11.4. The van der Waals surface area contributed by atoms with Crippen molar-refractivity contribution in [1.82, 2.24) is 9.97 Å². The number of carbonyl (C=O) groups is 1. The Hall–Kier alpha value is -1.14. The SMILES string of the molecule is Cc1nc(C(C)C)nc(SCC2CCC(C)O2)c1C(=O)O. The van der Waals surface area contributed by atoms with Crippen LogP contribution >= 0.6 is 11.8 Å². The highest BCUT2D eigenvalue weighted by Crippen LogP contribution is 2.29. The summed E-state index contributed by atoms with van der Waals surface area (Å²) in [5.74, 6) is 0.638. The second-order valence-electron chi connectivity index (χ2n) is 5.76. The van der Waals surface area contributed by atoms with E-state index in [9.17, 15) is 9.90 Å². The molecule has 1 saturated heterocycles. The van der Waals surface area contributed by atoms with Crippen LogP contribution in [0.2, 0.25) is 0 Å². The van der Waals surface area contributed by atoms with Gasteiger partial charge in [0, 0.05) is 11.7 Å². The number of ether oxygens (including phenoxy) is 1. The van der Waals surface area contributed by atoms with E-state index in [1.165, 1.54) is 11.8 Å². The lowest BCUT2D eigenvalue weighted by atomic mass is 10.2. The van der Waals surface area contributed by atoms with Crippen LogP contribution in [0.25, 0.3) is 0 Å². The third-order valence-electron chi connectivity index (χ3n) is 3.53. The molecule has 0 saturated carbocycles. The number of aryl methyl sites for hydroxylation is 1. The Bertz CT molecular complexity index is 534. The number of aromatic carboxylic acids is 1. The van der Waals surface area contributed by atoms with Crippen molar-refractivity contribution in [1.29, 1.82) is 0 Å². The molecule has 0 amide bonds. The van der Waals surface area contributed by atoms with Crippen molar-refractivity contribution in [2.45, 2.75) is 63.7 Å². The quantitative estimate of drug-likeness (QED) is 0.665. The fourth-order valence-electron chi connectivity index (χ4n) is 2.36. The standard InChI is InChI=1S/C15H22N2O3S/c1-8(2)13-16-10(4)12(15(18)19)14(17-13)21-7-11-6-5-9(3)20-11/h8-9,11H,5-7H2,1-4H3,(H,18,19). The van der Waals surface area contributed by atoms with E-state index in [2.05, 4.69) is 16.9 Å². The van der Waals surface area contributed by atoms with Crippen molar-refractivity contribution in [3.63, 3.8) is 0 Å². The summed E-state index contributed by atoms with van der Waals surface area (Å²) < 4.78 is 5.78. The summed E-state index contributed by atoms with van der Waals surface area (Å²) in [7, 11) is 0. The van der Waals surface area contributed by atoms with Gasteiger partial charge in [0.25, 0.3) is 0 Å². The van der Waals surface area contributed by atoms with Gasteiger partial charge in [-0.1, -0.05) is 13.8 Å². The van der Waals surface area contributed by atoms with Crippen LogP contribution in [0.3, 0.4) is 0 Å². The number of hydrogen-bond donors (Lipinski definition) is 1. The van der Waals surface area contributed by atoms with Gasteiger partial charge in [0.2, 0.25) is 0 Å². The van der Waals surface area contributed by atoms with E-state index >= 15 is 0 Å². The number of aromatic nitrogens is 2. The van der Waals surface area contributed by atoms with Crippen molar-refractivity contribution in [3.8, 4) is 0 Å². The Morgan fingerprint density at radius 2 is 2.14 bits per heavy atom. The van der Waals surface area contributed by atoms with Crippen LogP contribution in [-0.4, -0.2) is 39.0 Å². The molecule has 1 aliphatic rings. The van der Waals surface area contributed by atoms with Gasteiger partial charge in [0.15, 0.2) is 0 Å². The normalized spacial score (nSPS) is 22.0. The van der Waals surface area contributed by atoms with Crippen molar-refractivity contribution < 1.29 is 14.6 Å². The van der Waals surface area contributed by atoms with Crippen molar-refractivity contribution in [2.75, 3.05) is 5.75 Å². The van der Waals surface area contributed by atoms with Crippen LogP contribution in [0.15, 0.2) is 5.03 Å². The fourth-order valence-corrected chi connectivity index (χ4v) is 3.48. The van der Waals surface area contributed by atoms with E-state index in [-0.39, 0.29) is 17.6 Å². The Kier molecular flexibility index (Phi) is 5.22. The number of thioether (sulfide) groups is 1. The average Bonchev–Trinajstić information content (AvgIpc) is 2.80. The molecule has 1 fully saturated rings. The summed E-state index contributed by atoms with van der Waals surface area (Å²) in [5.41, 5.74) is 0.750. The first kappa shape index (κ1) is 16.2. The number of carboxylic acid groups (broad SMARTS) is 1. The van der Waals surface area contributed by atoms with E-state index in [4.69, 9.17) is 4.74 Å². The number of nitrogens with zero attached hydrogens (tertiary/aromatic N) is 2. The molecular formula is C15H22N2O3S. The Morgan fingerprint density at radius 1 is 1.43 bits per heavy atom. The predicted molar refractivity (Wildman–Crippen MR) is 82.1 cm³/mol. The third kappa shape index (κ3) is 3.95. The molecular weight excluding hydrogens is 288 g/mol. The van der Waals surface area contributed by atoms with Crippen molar-refractivity contribution in [3.05, 3.63) is 17.1 Å². The van der Waals surface area contributed by atoms with Gasteiger partial charge in [-0.25, -0.2) is 14.8 Å². The monoisotopic (exact) mass is 310 g/mol. The average molecular weight is 310 g/mol. The smallest absolute Gasteiger partial charge is 0.340 e. The second kappa shape index (κ2) is 6.75. The van der Waals surface area contributed by atoms with Gasteiger partial charge in [-0.15, -0.1) is 11.8 Å². The maximum atomic E-state index is 11.4. The molecule has 0 aromatic carbocycles. The van der Waals surface area contributed by atoms with E-state index in [1.807, 2.05) is 13.8 Å². The molecule has 0 aliphatic carbocycles. The summed E-state index contributed by atoms with van der Waals surface area (Å²) in [6.45, 7) is 7.81. The van der Waals surface area contributed by atoms with E-state index in [0.29, 0.717) is 22.6 Å². The molecule has 1 aromatic heterocycles. The molecule has 6 heteroatoms. The van der Waals surface area contributed by atoms with Gasteiger partial charge < -0.3 is 9.84 Å². The minimum atomic E-state index is -0.967. The molecule has 2 atom stereocenters. The second-order valence-corrected chi connectivity index (χ2v) is 6.77. The first-order chi connectivity index (χ1) is 9.88. The van der Waals surface area contributed by atoms with Crippen molar-refractivity contribution in [2.24, 2.45) is 0 Å². The number of rotatable bonds is 5. The largest absolute Gasteiger partial charge is 0.478 e. The van der Waals surface area contributed by atoms with Gasteiger partial charge in [-0.3, -0.25) is 0 Å². The molecule has 1 aromatic rings. The first-order valence-corrected chi connectivity index (χ1v) is 8.27. The van der Waals surface area contributed by atoms with Crippen LogP contribution in [0, 0.1) is 6.92 Å². The summed E-state index contributed by atoms with van der Waals surface area (Å²) in [6.07, 6.45) is 2.58. The van der Waals surface area contributed by atoms with Gasteiger partial charge >= 0.3 is 5.97 Å². The molecule has 2 rings (SSSR count). The Balaban J connectivity index is 2.21.